The first kappa shape index (κ1) is 28.0. The average Bonchev–Trinajstić information content (AvgIpc) is 3.30. The number of Topliss-reactive ketones (excluding diaryl/α,β-unsaturated/α-hetero) is 2. The van der Waals surface area contributed by atoms with Crippen molar-refractivity contribution < 1.29 is 19.5 Å². The minimum Gasteiger partial charge on any atom is -0.481 e. The smallest absolute Gasteiger partial charge is 0.303 e. The highest BCUT2D eigenvalue weighted by Gasteiger charge is 2.60. The third-order valence-corrected chi connectivity index (χ3v) is 13.0. The maximum atomic E-state index is 13.3. The van der Waals surface area contributed by atoms with Gasteiger partial charge in [-0.1, -0.05) is 56.6 Å². The summed E-state index contributed by atoms with van der Waals surface area (Å²) in [5.41, 5.74) is 1.78. The van der Waals surface area contributed by atoms with Gasteiger partial charge in [-0.25, -0.2) is 0 Å². The van der Waals surface area contributed by atoms with Crippen LogP contribution in [0.15, 0.2) is 35.0 Å². The number of rotatable bonds is 6. The van der Waals surface area contributed by atoms with Crippen molar-refractivity contribution in [3.05, 3.63) is 46.1 Å². The standard InChI is InChI=1S/C34H44ClNO4/c1-19(8-13-28(37)38)25-11-12-26-24-10-9-20-18-21(14-16-33(20,2)27(24)15-17-34(25,26)3)36-30-29(35)31(39)22-6-4-5-7-23(22)32(30)40/h4-7,19-21,24-27,36H,8-18H2,1-3H3,(H,37,38)/t19-,20-,21?,24+,25?,26+,27+,33+,34-/m1/s1. The first-order valence-corrected chi connectivity index (χ1v) is 16.0. The Morgan fingerprint density at radius 3 is 2.38 bits per heavy atom. The largest absolute Gasteiger partial charge is 0.481 e. The maximum absolute atomic E-state index is 13.3. The van der Waals surface area contributed by atoms with Gasteiger partial charge in [-0.15, -0.1) is 0 Å². The fourth-order valence-electron chi connectivity index (χ4n) is 10.6. The lowest BCUT2D eigenvalue weighted by molar-refractivity contribution is -0.137. The number of carboxylic acids is 1. The van der Waals surface area contributed by atoms with E-state index in [1.807, 2.05) is 0 Å². The number of halogens is 1. The zero-order valence-corrected chi connectivity index (χ0v) is 24.9. The fraction of sp³-hybridized carbons (Fsp3) is 0.676. The van der Waals surface area contributed by atoms with Crippen LogP contribution in [0.3, 0.4) is 0 Å². The summed E-state index contributed by atoms with van der Waals surface area (Å²) < 4.78 is 0. The molecular weight excluding hydrogens is 522 g/mol. The molecule has 9 atom stereocenters. The second-order valence-electron chi connectivity index (χ2n) is 14.3. The minimum atomic E-state index is -0.672. The third-order valence-electron chi connectivity index (χ3n) is 12.7. The Morgan fingerprint density at radius 2 is 1.65 bits per heavy atom. The zero-order valence-electron chi connectivity index (χ0n) is 24.2. The minimum absolute atomic E-state index is 0.0284. The van der Waals surface area contributed by atoms with E-state index >= 15 is 0 Å². The molecule has 6 heteroatoms. The second kappa shape index (κ2) is 10.3. The number of nitrogens with one attached hydrogen (secondary N) is 1. The molecule has 0 radical (unpaired) electrons. The molecule has 216 valence electrons. The molecular formula is C34H44ClNO4. The summed E-state index contributed by atoms with van der Waals surface area (Å²) >= 11 is 6.48. The number of ketones is 2. The number of hydrogen-bond donors (Lipinski definition) is 2. The fourth-order valence-corrected chi connectivity index (χ4v) is 10.8. The molecule has 0 amide bonds. The van der Waals surface area contributed by atoms with Crippen molar-refractivity contribution in [2.45, 2.75) is 97.4 Å². The van der Waals surface area contributed by atoms with Crippen LogP contribution in [0.2, 0.25) is 0 Å². The van der Waals surface area contributed by atoms with E-state index in [0.29, 0.717) is 39.7 Å². The zero-order chi connectivity index (χ0) is 28.4. The molecule has 0 spiro atoms. The van der Waals surface area contributed by atoms with Gasteiger partial charge < -0.3 is 10.4 Å². The Labute approximate surface area is 243 Å². The van der Waals surface area contributed by atoms with Gasteiger partial charge in [0, 0.05) is 23.6 Å². The highest BCUT2D eigenvalue weighted by Crippen LogP contribution is 2.68. The van der Waals surface area contributed by atoms with Crippen molar-refractivity contribution in [3.8, 4) is 0 Å². The molecule has 2 N–H and O–H groups in total. The Hall–Kier alpha value is -2.14. The van der Waals surface area contributed by atoms with E-state index in [1.54, 1.807) is 24.3 Å². The van der Waals surface area contributed by atoms with Gasteiger partial charge in [-0.3, -0.25) is 14.4 Å². The molecule has 1 aromatic carbocycles. The third kappa shape index (κ3) is 4.37. The molecule has 0 aromatic heterocycles. The number of hydrogen-bond acceptors (Lipinski definition) is 4. The number of benzene rings is 1. The molecule has 5 aliphatic carbocycles. The Bertz CT molecular complexity index is 1260. The van der Waals surface area contributed by atoms with Crippen LogP contribution in [-0.2, 0) is 4.79 Å². The van der Waals surface area contributed by atoms with Gasteiger partial charge in [0.15, 0.2) is 0 Å². The van der Waals surface area contributed by atoms with Crippen LogP contribution < -0.4 is 5.32 Å². The Kier molecular flexibility index (Phi) is 7.21. The van der Waals surface area contributed by atoms with Crippen LogP contribution in [0.25, 0.3) is 0 Å². The number of carbonyl (C=O) groups excluding carboxylic acids is 2. The second-order valence-corrected chi connectivity index (χ2v) is 14.7. The predicted molar refractivity (Wildman–Crippen MR) is 156 cm³/mol. The predicted octanol–water partition coefficient (Wildman–Crippen LogP) is 7.63. The molecule has 0 aliphatic heterocycles. The molecule has 5 nitrogen and oxygen atoms in total. The summed E-state index contributed by atoms with van der Waals surface area (Å²) in [6.45, 7) is 7.38. The lowest BCUT2D eigenvalue weighted by Crippen LogP contribution is -2.55. The summed E-state index contributed by atoms with van der Waals surface area (Å²) in [4.78, 5) is 37.4. The molecule has 5 aliphatic rings. The van der Waals surface area contributed by atoms with E-state index in [-0.39, 0.29) is 34.8 Å². The number of allylic oxidation sites excluding steroid dienone is 2. The molecule has 4 saturated carbocycles. The molecule has 4 fully saturated rings. The van der Waals surface area contributed by atoms with Gasteiger partial charge in [-0.2, -0.15) is 0 Å². The van der Waals surface area contributed by atoms with Crippen molar-refractivity contribution in [2.24, 2.45) is 46.3 Å². The van der Waals surface area contributed by atoms with Crippen molar-refractivity contribution in [3.63, 3.8) is 0 Å². The summed E-state index contributed by atoms with van der Waals surface area (Å²) in [5.74, 6) is 2.88. The normalized spacial score (nSPS) is 39.6. The summed E-state index contributed by atoms with van der Waals surface area (Å²) in [5, 5.41) is 12.7. The van der Waals surface area contributed by atoms with E-state index in [4.69, 9.17) is 11.6 Å². The topological polar surface area (TPSA) is 83.5 Å². The maximum Gasteiger partial charge on any atom is 0.303 e. The number of carboxylic acid groups (broad SMARTS) is 1. The highest BCUT2D eigenvalue weighted by atomic mass is 35.5. The first-order valence-electron chi connectivity index (χ1n) is 15.6. The number of aliphatic carboxylic acids is 1. The molecule has 40 heavy (non-hydrogen) atoms. The lowest BCUT2D eigenvalue weighted by Gasteiger charge is -2.61. The number of carbonyl (C=O) groups is 3. The van der Waals surface area contributed by atoms with E-state index in [2.05, 4.69) is 26.1 Å². The number of fused-ring (bicyclic) bond motifs is 6. The van der Waals surface area contributed by atoms with E-state index in [0.717, 1.165) is 43.4 Å². The van der Waals surface area contributed by atoms with Gasteiger partial charge in [0.1, 0.15) is 10.7 Å². The molecule has 1 aromatic rings. The highest BCUT2D eigenvalue weighted by molar-refractivity contribution is 6.49. The Morgan fingerprint density at radius 1 is 0.975 bits per heavy atom. The van der Waals surface area contributed by atoms with Crippen LogP contribution in [0.5, 0.6) is 0 Å². The molecule has 2 unspecified atom stereocenters. The van der Waals surface area contributed by atoms with Gasteiger partial charge in [0.05, 0.1) is 0 Å². The molecule has 0 heterocycles. The van der Waals surface area contributed by atoms with Crippen LogP contribution in [-0.4, -0.2) is 28.7 Å². The first-order chi connectivity index (χ1) is 19.0. The lowest BCUT2D eigenvalue weighted by atomic mass is 9.44. The molecule has 6 rings (SSSR count). The van der Waals surface area contributed by atoms with Crippen molar-refractivity contribution in [2.75, 3.05) is 0 Å². The van der Waals surface area contributed by atoms with Crippen LogP contribution in [0.1, 0.15) is 112 Å². The van der Waals surface area contributed by atoms with Crippen molar-refractivity contribution in [1.29, 1.82) is 0 Å². The molecule has 0 bridgehead atoms. The van der Waals surface area contributed by atoms with Gasteiger partial charge in [0.2, 0.25) is 11.6 Å². The Balaban J connectivity index is 1.15. The average molecular weight is 566 g/mol. The SMILES string of the molecule is C[C@H](CCC(=O)O)C1CC[C@H]2[C@@H]3CC[C@@H]4CC(NC5=C(Cl)C(=O)c6ccccc6C5=O)CC[C@]4(C)[C@H]3CC[C@]12C. The van der Waals surface area contributed by atoms with Crippen LogP contribution in [0.4, 0.5) is 0 Å². The van der Waals surface area contributed by atoms with E-state index in [9.17, 15) is 19.5 Å². The summed E-state index contributed by atoms with van der Waals surface area (Å²) in [7, 11) is 0. The van der Waals surface area contributed by atoms with E-state index in [1.165, 1.54) is 38.5 Å². The van der Waals surface area contributed by atoms with Crippen LogP contribution >= 0.6 is 11.6 Å². The van der Waals surface area contributed by atoms with Crippen molar-refractivity contribution >= 4 is 29.1 Å². The van der Waals surface area contributed by atoms with Gasteiger partial charge in [0.25, 0.3) is 0 Å². The monoisotopic (exact) mass is 565 g/mol. The van der Waals surface area contributed by atoms with Crippen molar-refractivity contribution in [1.82, 2.24) is 5.32 Å². The van der Waals surface area contributed by atoms with Gasteiger partial charge in [-0.05, 0) is 111 Å². The quantitative estimate of drug-likeness (QED) is 0.370. The van der Waals surface area contributed by atoms with Crippen LogP contribution in [0, 0.1) is 46.3 Å². The van der Waals surface area contributed by atoms with Gasteiger partial charge >= 0.3 is 5.97 Å². The molecule has 0 saturated heterocycles. The summed E-state index contributed by atoms with van der Waals surface area (Å²) in [6.07, 6.45) is 11.8. The summed E-state index contributed by atoms with van der Waals surface area (Å²) in [6, 6.07) is 7.11. The van der Waals surface area contributed by atoms with E-state index < -0.39 is 5.97 Å².